The van der Waals surface area contributed by atoms with E-state index in [4.69, 9.17) is 11.6 Å². The maximum Gasteiger partial charge on any atom is 0.252 e. The van der Waals surface area contributed by atoms with Gasteiger partial charge in [0.05, 0.1) is 11.1 Å². The van der Waals surface area contributed by atoms with Gasteiger partial charge in [0, 0.05) is 11.4 Å². The Morgan fingerprint density at radius 2 is 2.05 bits per heavy atom. The lowest BCUT2D eigenvalue weighted by atomic mass is 10.1. The lowest BCUT2D eigenvalue weighted by Crippen LogP contribution is -2.37. The molecular weight excluding hydrogens is 292 g/mol. The highest BCUT2D eigenvalue weighted by Crippen LogP contribution is 2.22. The molecule has 1 aromatic carbocycles. The number of benzene rings is 1. The lowest BCUT2D eigenvalue weighted by molar-refractivity contribution is 0.0936. The van der Waals surface area contributed by atoms with Crippen LogP contribution < -0.4 is 5.32 Å². The van der Waals surface area contributed by atoms with Crippen LogP contribution in [0.4, 0.5) is 0 Å². The van der Waals surface area contributed by atoms with Crippen molar-refractivity contribution in [2.75, 3.05) is 11.5 Å². The van der Waals surface area contributed by atoms with Gasteiger partial charge in [-0.1, -0.05) is 29.8 Å². The highest BCUT2D eigenvalue weighted by Gasteiger charge is 2.18. The van der Waals surface area contributed by atoms with Crippen LogP contribution in [0.3, 0.4) is 0 Å². The molecule has 0 saturated carbocycles. The molecule has 1 saturated heterocycles. The summed E-state index contributed by atoms with van der Waals surface area (Å²) in [6.45, 7) is 0. The first-order chi connectivity index (χ1) is 9.74. The molecule has 0 spiro atoms. The summed E-state index contributed by atoms with van der Waals surface area (Å²) in [5.41, 5.74) is 1.36. The molecule has 1 fully saturated rings. The van der Waals surface area contributed by atoms with E-state index in [0.717, 1.165) is 35.3 Å². The van der Waals surface area contributed by atoms with Gasteiger partial charge in [-0.3, -0.25) is 4.79 Å². The van der Waals surface area contributed by atoms with Gasteiger partial charge in [0.2, 0.25) is 0 Å². The van der Waals surface area contributed by atoms with Crippen LogP contribution in [-0.4, -0.2) is 28.4 Å². The van der Waals surface area contributed by atoms with E-state index < -0.39 is 0 Å². The summed E-state index contributed by atoms with van der Waals surface area (Å²) in [5, 5.41) is 4.32. The van der Waals surface area contributed by atoms with E-state index in [1.165, 1.54) is 0 Å². The molecule has 0 unspecified atom stereocenters. The molecule has 0 bridgehead atoms. The highest BCUT2D eigenvalue weighted by atomic mass is 35.5. The zero-order valence-electron chi connectivity index (χ0n) is 10.9. The average Bonchev–Trinajstić information content (AvgIpc) is 2.47. The van der Waals surface area contributed by atoms with Gasteiger partial charge in [0.1, 0.15) is 5.15 Å². The Bertz CT molecular complexity index is 641. The number of carbonyl (C=O) groups is 1. The second-order valence-electron chi connectivity index (χ2n) is 4.87. The third-order valence-electron chi connectivity index (χ3n) is 3.49. The van der Waals surface area contributed by atoms with Crippen molar-refractivity contribution in [2.24, 2.45) is 0 Å². The molecule has 1 aliphatic heterocycles. The quantitative estimate of drug-likeness (QED) is 0.863. The Kier molecular flexibility index (Phi) is 4.13. The van der Waals surface area contributed by atoms with E-state index in [-0.39, 0.29) is 11.9 Å². The van der Waals surface area contributed by atoms with Crippen molar-refractivity contribution >= 4 is 40.2 Å². The Morgan fingerprint density at radius 3 is 2.85 bits per heavy atom. The van der Waals surface area contributed by atoms with Crippen molar-refractivity contribution < 1.29 is 4.79 Å². The normalized spacial score (nSPS) is 16.2. The van der Waals surface area contributed by atoms with E-state index in [0.29, 0.717) is 10.7 Å². The van der Waals surface area contributed by atoms with Crippen molar-refractivity contribution in [3.63, 3.8) is 0 Å². The number of fused-ring (bicyclic) bond motifs is 1. The first-order valence-electron chi connectivity index (χ1n) is 6.68. The molecule has 2 heterocycles. The number of rotatable bonds is 2. The number of thioether (sulfide) groups is 1. The molecule has 3 rings (SSSR count). The third-order valence-corrected chi connectivity index (χ3v) is 4.73. The SMILES string of the molecule is O=C(NC1CCSCC1)c1cc(Cl)nc2ccccc12. The fourth-order valence-electron chi connectivity index (χ4n) is 2.44. The summed E-state index contributed by atoms with van der Waals surface area (Å²) in [6, 6.07) is 9.50. The number of pyridine rings is 1. The Labute approximate surface area is 127 Å². The number of hydrogen-bond donors (Lipinski definition) is 1. The van der Waals surface area contributed by atoms with Gasteiger partial charge in [-0.05, 0) is 36.5 Å². The fourth-order valence-corrected chi connectivity index (χ4v) is 3.74. The molecule has 1 amide bonds. The molecular formula is C15H15ClN2OS. The molecule has 0 radical (unpaired) electrons. The molecule has 2 aromatic rings. The summed E-state index contributed by atoms with van der Waals surface area (Å²) >= 11 is 7.96. The van der Waals surface area contributed by atoms with Gasteiger partial charge in [0.25, 0.3) is 5.91 Å². The number of nitrogens with one attached hydrogen (secondary N) is 1. The first-order valence-corrected chi connectivity index (χ1v) is 8.21. The Hall–Kier alpha value is -1.26. The maximum absolute atomic E-state index is 12.5. The highest BCUT2D eigenvalue weighted by molar-refractivity contribution is 7.99. The zero-order valence-corrected chi connectivity index (χ0v) is 12.5. The van der Waals surface area contributed by atoms with Crippen molar-refractivity contribution in [3.05, 3.63) is 41.0 Å². The standard InChI is InChI=1S/C15H15ClN2OS/c16-14-9-12(11-3-1-2-4-13(11)18-14)15(19)17-10-5-7-20-8-6-10/h1-4,9-10H,5-8H2,(H,17,19). The monoisotopic (exact) mass is 306 g/mol. The summed E-state index contributed by atoms with van der Waals surface area (Å²) in [7, 11) is 0. The molecule has 1 aliphatic rings. The first kappa shape index (κ1) is 13.7. The predicted molar refractivity (Wildman–Crippen MR) is 84.6 cm³/mol. The summed E-state index contributed by atoms with van der Waals surface area (Å²) < 4.78 is 0. The van der Waals surface area contributed by atoms with Crippen LogP contribution in [0.15, 0.2) is 30.3 Å². The van der Waals surface area contributed by atoms with Crippen molar-refractivity contribution in [2.45, 2.75) is 18.9 Å². The summed E-state index contributed by atoms with van der Waals surface area (Å²) in [4.78, 5) is 16.7. The lowest BCUT2D eigenvalue weighted by Gasteiger charge is -2.22. The molecule has 1 aromatic heterocycles. The van der Waals surface area contributed by atoms with Gasteiger partial charge in [-0.25, -0.2) is 4.98 Å². The van der Waals surface area contributed by atoms with Crippen molar-refractivity contribution in [1.29, 1.82) is 0 Å². The molecule has 3 nitrogen and oxygen atoms in total. The number of amides is 1. The second-order valence-corrected chi connectivity index (χ2v) is 6.48. The fraction of sp³-hybridized carbons (Fsp3) is 0.333. The number of nitrogens with zero attached hydrogens (tertiary/aromatic N) is 1. The minimum absolute atomic E-state index is 0.0533. The van der Waals surface area contributed by atoms with E-state index in [1.807, 2.05) is 36.0 Å². The second kappa shape index (κ2) is 6.02. The number of carbonyl (C=O) groups excluding carboxylic acids is 1. The summed E-state index contributed by atoms with van der Waals surface area (Å²) in [6.07, 6.45) is 2.07. The minimum atomic E-state index is -0.0533. The number of para-hydroxylation sites is 1. The van der Waals surface area contributed by atoms with Crippen LogP contribution >= 0.6 is 23.4 Å². The predicted octanol–water partition coefficient (Wildman–Crippen LogP) is 3.51. The number of hydrogen-bond acceptors (Lipinski definition) is 3. The Morgan fingerprint density at radius 1 is 1.30 bits per heavy atom. The van der Waals surface area contributed by atoms with Crippen LogP contribution in [0.1, 0.15) is 23.2 Å². The number of halogens is 1. The van der Waals surface area contributed by atoms with Gasteiger partial charge in [-0.2, -0.15) is 11.8 Å². The van der Waals surface area contributed by atoms with E-state index in [2.05, 4.69) is 10.3 Å². The summed E-state index contributed by atoms with van der Waals surface area (Å²) in [5.74, 6) is 2.17. The smallest absolute Gasteiger partial charge is 0.252 e. The van der Waals surface area contributed by atoms with Gasteiger partial charge < -0.3 is 5.32 Å². The average molecular weight is 307 g/mol. The van der Waals surface area contributed by atoms with Crippen LogP contribution in [0, 0.1) is 0 Å². The topological polar surface area (TPSA) is 42.0 Å². The Balaban J connectivity index is 1.90. The van der Waals surface area contributed by atoms with Gasteiger partial charge >= 0.3 is 0 Å². The van der Waals surface area contributed by atoms with Crippen molar-refractivity contribution in [1.82, 2.24) is 10.3 Å². The molecule has 0 atom stereocenters. The van der Waals surface area contributed by atoms with Gasteiger partial charge in [-0.15, -0.1) is 0 Å². The molecule has 104 valence electrons. The molecule has 0 aliphatic carbocycles. The number of aromatic nitrogens is 1. The van der Waals surface area contributed by atoms with Crippen LogP contribution in [0.5, 0.6) is 0 Å². The van der Waals surface area contributed by atoms with E-state index >= 15 is 0 Å². The zero-order chi connectivity index (χ0) is 13.9. The van der Waals surface area contributed by atoms with Crippen LogP contribution in [0.25, 0.3) is 10.9 Å². The van der Waals surface area contributed by atoms with Crippen LogP contribution in [0.2, 0.25) is 5.15 Å². The molecule has 1 N–H and O–H groups in total. The maximum atomic E-state index is 12.5. The minimum Gasteiger partial charge on any atom is -0.349 e. The van der Waals surface area contributed by atoms with Crippen LogP contribution in [-0.2, 0) is 0 Å². The van der Waals surface area contributed by atoms with Gasteiger partial charge in [0.15, 0.2) is 0 Å². The molecule has 5 heteroatoms. The van der Waals surface area contributed by atoms with Crippen molar-refractivity contribution in [3.8, 4) is 0 Å². The van der Waals surface area contributed by atoms with E-state index in [9.17, 15) is 4.79 Å². The molecule has 20 heavy (non-hydrogen) atoms. The van der Waals surface area contributed by atoms with E-state index in [1.54, 1.807) is 6.07 Å². The third kappa shape index (κ3) is 2.91. The largest absolute Gasteiger partial charge is 0.349 e.